The van der Waals surface area contributed by atoms with E-state index in [9.17, 15) is 14.7 Å². The summed E-state index contributed by atoms with van der Waals surface area (Å²) in [7, 11) is 1.55. The second-order valence-electron chi connectivity index (χ2n) is 7.91. The number of imide groups is 1. The van der Waals surface area contributed by atoms with Gasteiger partial charge in [-0.2, -0.15) is 0 Å². The molecule has 2 aliphatic rings. The van der Waals surface area contributed by atoms with E-state index in [2.05, 4.69) is 0 Å². The van der Waals surface area contributed by atoms with Crippen LogP contribution in [0.25, 0.3) is 5.57 Å². The fourth-order valence-electron chi connectivity index (χ4n) is 4.46. The molecule has 0 spiro atoms. The fraction of sp³-hybridized carbons (Fsp3) is 0.360. The number of carbonyl (C=O) groups is 2. The number of amides is 2. The zero-order chi connectivity index (χ0) is 22.7. The summed E-state index contributed by atoms with van der Waals surface area (Å²) in [5.41, 5.74) is 1.66. The molecule has 0 radical (unpaired) electrons. The second-order valence-corrected chi connectivity index (χ2v) is 7.91. The third kappa shape index (κ3) is 3.84. The maximum Gasteiger partial charge on any atom is 0.282 e. The number of anilines is 1. The molecule has 1 N–H and O–H groups in total. The Kier molecular flexibility index (Phi) is 6.46. The molecule has 0 saturated carbocycles. The van der Waals surface area contributed by atoms with Crippen LogP contribution >= 0.6 is 0 Å². The number of benzene rings is 2. The van der Waals surface area contributed by atoms with Gasteiger partial charge in [0.05, 0.1) is 25.0 Å². The van der Waals surface area contributed by atoms with Gasteiger partial charge in [-0.25, -0.2) is 4.90 Å². The number of para-hydroxylation sites is 3. The molecule has 4 rings (SSSR count). The first-order valence-electron chi connectivity index (χ1n) is 10.9. The SMILES string of the molecule is CCOc1ccccc1N1C(=O)C(c2ccccc2OC)=C(N2CCCC(CO)C2)C1=O. The third-order valence-electron chi connectivity index (χ3n) is 5.94. The Morgan fingerprint density at radius 2 is 1.75 bits per heavy atom. The smallest absolute Gasteiger partial charge is 0.282 e. The monoisotopic (exact) mass is 436 g/mol. The average molecular weight is 437 g/mol. The molecule has 2 amide bonds. The highest BCUT2D eigenvalue weighted by Crippen LogP contribution is 2.41. The molecule has 0 bridgehead atoms. The van der Waals surface area contributed by atoms with Gasteiger partial charge in [0.1, 0.15) is 17.2 Å². The number of methoxy groups -OCH3 is 1. The van der Waals surface area contributed by atoms with Crippen molar-refractivity contribution < 1.29 is 24.2 Å². The van der Waals surface area contributed by atoms with E-state index in [4.69, 9.17) is 9.47 Å². The number of aliphatic hydroxyl groups excluding tert-OH is 1. The van der Waals surface area contributed by atoms with E-state index < -0.39 is 5.91 Å². The Morgan fingerprint density at radius 1 is 1.03 bits per heavy atom. The first kappa shape index (κ1) is 21.9. The Labute approximate surface area is 187 Å². The highest BCUT2D eigenvalue weighted by molar-refractivity contribution is 6.46. The number of ether oxygens (including phenoxy) is 2. The van der Waals surface area contributed by atoms with Crippen LogP contribution in [0.3, 0.4) is 0 Å². The van der Waals surface area contributed by atoms with E-state index >= 15 is 0 Å². The van der Waals surface area contributed by atoms with Gasteiger partial charge in [-0.3, -0.25) is 9.59 Å². The van der Waals surface area contributed by atoms with Crippen molar-refractivity contribution in [3.8, 4) is 11.5 Å². The number of aliphatic hydroxyl groups is 1. The largest absolute Gasteiger partial charge is 0.496 e. The lowest BCUT2D eigenvalue weighted by Gasteiger charge is -2.34. The van der Waals surface area contributed by atoms with Gasteiger partial charge in [-0.1, -0.05) is 30.3 Å². The van der Waals surface area contributed by atoms with Crippen molar-refractivity contribution in [2.45, 2.75) is 19.8 Å². The van der Waals surface area contributed by atoms with Gasteiger partial charge in [0, 0.05) is 25.3 Å². The molecule has 2 aromatic carbocycles. The molecule has 7 nitrogen and oxygen atoms in total. The maximum absolute atomic E-state index is 13.8. The lowest BCUT2D eigenvalue weighted by Crippen LogP contribution is -2.40. The summed E-state index contributed by atoms with van der Waals surface area (Å²) < 4.78 is 11.2. The molecule has 2 aromatic rings. The fourth-order valence-corrected chi connectivity index (χ4v) is 4.46. The minimum Gasteiger partial charge on any atom is -0.496 e. The number of nitrogens with zero attached hydrogens (tertiary/aromatic N) is 2. The molecule has 168 valence electrons. The van der Waals surface area contributed by atoms with Gasteiger partial charge in [-0.15, -0.1) is 0 Å². The number of rotatable bonds is 7. The minimum atomic E-state index is -0.409. The van der Waals surface area contributed by atoms with E-state index in [1.165, 1.54) is 4.90 Å². The van der Waals surface area contributed by atoms with Crippen LogP contribution in [0.1, 0.15) is 25.3 Å². The summed E-state index contributed by atoms with van der Waals surface area (Å²) >= 11 is 0. The first-order valence-corrected chi connectivity index (χ1v) is 10.9. The van der Waals surface area contributed by atoms with Crippen LogP contribution in [0.15, 0.2) is 54.2 Å². The predicted molar refractivity (Wildman–Crippen MR) is 121 cm³/mol. The topological polar surface area (TPSA) is 79.3 Å². The first-order chi connectivity index (χ1) is 15.6. The molecular formula is C25H28N2O5. The molecular weight excluding hydrogens is 408 g/mol. The Bertz CT molecular complexity index is 1050. The van der Waals surface area contributed by atoms with Crippen LogP contribution in [0.2, 0.25) is 0 Å². The molecule has 1 atom stereocenters. The minimum absolute atomic E-state index is 0.0484. The van der Waals surface area contributed by atoms with E-state index in [0.717, 1.165) is 12.8 Å². The summed E-state index contributed by atoms with van der Waals surface area (Å²) in [5, 5.41) is 9.72. The van der Waals surface area contributed by atoms with Crippen LogP contribution in [0.4, 0.5) is 5.69 Å². The standard InChI is InChI=1S/C25H28N2O5/c1-3-32-21-13-7-5-11-19(21)27-24(29)22(18-10-4-6-12-20(18)31-2)23(25(27)30)26-14-8-9-17(15-26)16-28/h4-7,10-13,17,28H,3,8-9,14-16H2,1-2H3. The Balaban J connectivity index is 1.86. The summed E-state index contributed by atoms with van der Waals surface area (Å²) in [5.74, 6) is 0.262. The summed E-state index contributed by atoms with van der Waals surface area (Å²) in [6.45, 7) is 3.48. The van der Waals surface area contributed by atoms with Crippen LogP contribution in [-0.2, 0) is 9.59 Å². The van der Waals surface area contributed by atoms with Gasteiger partial charge in [0.2, 0.25) is 0 Å². The van der Waals surface area contributed by atoms with Crippen LogP contribution < -0.4 is 14.4 Å². The molecule has 1 saturated heterocycles. The summed E-state index contributed by atoms with van der Waals surface area (Å²) in [4.78, 5) is 30.7. The average Bonchev–Trinajstić information content (AvgIpc) is 3.09. The molecule has 2 heterocycles. The number of carbonyl (C=O) groups excluding carboxylic acids is 2. The molecule has 2 aliphatic heterocycles. The summed E-state index contributed by atoms with van der Waals surface area (Å²) in [6.07, 6.45) is 1.73. The van der Waals surface area contributed by atoms with Crippen molar-refractivity contribution in [1.29, 1.82) is 0 Å². The van der Waals surface area contributed by atoms with Gasteiger partial charge < -0.3 is 19.5 Å². The molecule has 32 heavy (non-hydrogen) atoms. The molecule has 0 aliphatic carbocycles. The van der Waals surface area contributed by atoms with Gasteiger partial charge in [-0.05, 0) is 43.9 Å². The highest BCUT2D eigenvalue weighted by atomic mass is 16.5. The van der Waals surface area contributed by atoms with Gasteiger partial charge in [0.25, 0.3) is 11.8 Å². The molecule has 0 aromatic heterocycles. The molecule has 1 fully saturated rings. The van der Waals surface area contributed by atoms with Crippen molar-refractivity contribution >= 4 is 23.1 Å². The number of hydrogen-bond donors (Lipinski definition) is 1. The van der Waals surface area contributed by atoms with Crippen molar-refractivity contribution in [3.05, 3.63) is 59.8 Å². The van der Waals surface area contributed by atoms with E-state index in [-0.39, 0.29) is 18.4 Å². The Hall–Kier alpha value is -3.32. The lowest BCUT2D eigenvalue weighted by atomic mass is 9.96. The van der Waals surface area contributed by atoms with Gasteiger partial charge in [0.15, 0.2) is 0 Å². The molecule has 7 heteroatoms. The van der Waals surface area contributed by atoms with E-state index in [0.29, 0.717) is 53.7 Å². The summed E-state index contributed by atoms with van der Waals surface area (Å²) in [6, 6.07) is 14.3. The number of piperidine rings is 1. The van der Waals surface area contributed by atoms with Crippen molar-refractivity contribution in [1.82, 2.24) is 4.90 Å². The van der Waals surface area contributed by atoms with Crippen molar-refractivity contribution in [3.63, 3.8) is 0 Å². The Morgan fingerprint density at radius 3 is 2.47 bits per heavy atom. The van der Waals surface area contributed by atoms with Crippen molar-refractivity contribution in [2.24, 2.45) is 5.92 Å². The number of likely N-dealkylation sites (tertiary alicyclic amines) is 1. The quantitative estimate of drug-likeness (QED) is 0.672. The zero-order valence-corrected chi connectivity index (χ0v) is 18.4. The molecule has 1 unspecified atom stereocenters. The highest BCUT2D eigenvalue weighted by Gasteiger charge is 2.45. The predicted octanol–water partition coefficient (Wildman–Crippen LogP) is 3.08. The van der Waals surface area contributed by atoms with Crippen molar-refractivity contribution in [2.75, 3.05) is 38.3 Å². The van der Waals surface area contributed by atoms with E-state index in [1.807, 2.05) is 30.0 Å². The normalized spacial score (nSPS) is 19.0. The van der Waals surface area contributed by atoms with Crippen LogP contribution in [0, 0.1) is 5.92 Å². The van der Waals surface area contributed by atoms with Crippen LogP contribution in [0.5, 0.6) is 11.5 Å². The zero-order valence-electron chi connectivity index (χ0n) is 18.4. The third-order valence-corrected chi connectivity index (χ3v) is 5.94. The maximum atomic E-state index is 13.8. The number of hydrogen-bond acceptors (Lipinski definition) is 6. The second kappa shape index (κ2) is 9.44. The van der Waals surface area contributed by atoms with Gasteiger partial charge >= 0.3 is 0 Å². The van der Waals surface area contributed by atoms with Crippen LogP contribution in [-0.4, -0.2) is 55.2 Å². The van der Waals surface area contributed by atoms with E-state index in [1.54, 1.807) is 37.4 Å². The lowest BCUT2D eigenvalue weighted by molar-refractivity contribution is -0.120.